The lowest BCUT2D eigenvalue weighted by Gasteiger charge is -2.03. The van der Waals surface area contributed by atoms with Gasteiger partial charge in [0.15, 0.2) is 5.70 Å². The fourth-order valence-corrected chi connectivity index (χ4v) is 2.51. The van der Waals surface area contributed by atoms with Crippen LogP contribution in [0.15, 0.2) is 53.2 Å². The van der Waals surface area contributed by atoms with Crippen LogP contribution < -0.4 is 5.32 Å². The van der Waals surface area contributed by atoms with E-state index in [1.165, 1.54) is 31.2 Å². The molecule has 3 rings (SSSR count). The summed E-state index contributed by atoms with van der Waals surface area (Å²) >= 11 is 6.04. The highest BCUT2D eigenvalue weighted by Gasteiger charge is 2.24. The van der Waals surface area contributed by atoms with Crippen LogP contribution in [-0.4, -0.2) is 22.7 Å². The van der Waals surface area contributed by atoms with Gasteiger partial charge in [-0.15, -0.1) is 0 Å². The van der Waals surface area contributed by atoms with Gasteiger partial charge < -0.3 is 10.1 Å². The van der Waals surface area contributed by atoms with Crippen molar-refractivity contribution in [3.63, 3.8) is 0 Å². The monoisotopic (exact) mass is 385 g/mol. The van der Waals surface area contributed by atoms with Crippen LogP contribution in [-0.2, 0) is 14.3 Å². The largest absolute Gasteiger partial charge is 0.402 e. The second kappa shape index (κ2) is 7.38. The molecule has 1 aliphatic heterocycles. The quantitative estimate of drug-likeness (QED) is 0.374. The van der Waals surface area contributed by atoms with Crippen LogP contribution in [0.3, 0.4) is 0 Å². The molecule has 2 aromatic rings. The molecule has 0 fully saturated rings. The molecule has 0 bridgehead atoms. The number of hydrogen-bond acceptors (Lipinski definition) is 6. The van der Waals surface area contributed by atoms with Crippen LogP contribution in [0.1, 0.15) is 18.1 Å². The van der Waals surface area contributed by atoms with Gasteiger partial charge in [0, 0.05) is 40.9 Å². The Labute approximate surface area is 158 Å². The molecular formula is C18H12ClN3O5. The molecule has 2 aromatic carbocycles. The smallest absolute Gasteiger partial charge is 0.363 e. The van der Waals surface area contributed by atoms with Gasteiger partial charge in [-0.25, -0.2) is 9.79 Å². The molecule has 0 saturated heterocycles. The number of non-ortho nitro benzene ring substituents is 1. The molecular weight excluding hydrogens is 374 g/mol. The van der Waals surface area contributed by atoms with Gasteiger partial charge in [0.05, 0.1) is 4.92 Å². The normalized spacial score (nSPS) is 14.7. The van der Waals surface area contributed by atoms with E-state index in [1.807, 2.05) is 0 Å². The maximum absolute atomic E-state index is 12.1. The summed E-state index contributed by atoms with van der Waals surface area (Å²) in [5.41, 5.74) is 1.22. The summed E-state index contributed by atoms with van der Waals surface area (Å²) in [6, 6.07) is 10.5. The van der Waals surface area contributed by atoms with Gasteiger partial charge in [0.1, 0.15) is 0 Å². The summed E-state index contributed by atoms with van der Waals surface area (Å²) in [4.78, 5) is 37.6. The number of nitrogens with zero attached hydrogens (tertiary/aromatic N) is 2. The molecule has 0 aliphatic carbocycles. The number of carbonyl (C=O) groups excluding carboxylic acids is 2. The predicted octanol–water partition coefficient (Wildman–Crippen LogP) is 3.55. The summed E-state index contributed by atoms with van der Waals surface area (Å²) in [5, 5.41) is 13.8. The number of nitro benzene ring substituents is 1. The van der Waals surface area contributed by atoms with Crippen molar-refractivity contribution in [3.8, 4) is 0 Å². The Morgan fingerprint density at radius 2 is 1.96 bits per heavy atom. The van der Waals surface area contributed by atoms with Gasteiger partial charge in [-0.3, -0.25) is 14.9 Å². The molecule has 0 spiro atoms. The molecule has 136 valence electrons. The third kappa shape index (κ3) is 4.18. The highest BCUT2D eigenvalue weighted by Crippen LogP contribution is 2.26. The minimum absolute atomic E-state index is 0.0293. The zero-order valence-corrected chi connectivity index (χ0v) is 14.7. The topological polar surface area (TPSA) is 111 Å². The third-order valence-electron chi connectivity index (χ3n) is 3.56. The van der Waals surface area contributed by atoms with Crippen LogP contribution in [0, 0.1) is 10.1 Å². The third-order valence-corrected chi connectivity index (χ3v) is 3.90. The van der Waals surface area contributed by atoms with Crippen LogP contribution in [0.25, 0.3) is 6.08 Å². The van der Waals surface area contributed by atoms with Crippen LogP contribution in [0.4, 0.5) is 11.4 Å². The Hall–Kier alpha value is -3.52. The van der Waals surface area contributed by atoms with E-state index in [2.05, 4.69) is 10.3 Å². The van der Waals surface area contributed by atoms with Crippen LogP contribution in [0.2, 0.25) is 5.02 Å². The van der Waals surface area contributed by atoms with Crippen molar-refractivity contribution < 1.29 is 19.2 Å². The number of carbonyl (C=O) groups is 2. The summed E-state index contributed by atoms with van der Waals surface area (Å²) in [7, 11) is 0. The summed E-state index contributed by atoms with van der Waals surface area (Å²) in [6.07, 6.45) is 1.33. The number of nitrogens with one attached hydrogen (secondary N) is 1. The van der Waals surface area contributed by atoms with Crippen molar-refractivity contribution in [2.24, 2.45) is 4.99 Å². The number of ether oxygens (including phenoxy) is 1. The summed E-state index contributed by atoms with van der Waals surface area (Å²) in [6.45, 7) is 1.40. The lowest BCUT2D eigenvalue weighted by Crippen LogP contribution is -2.07. The second-order valence-corrected chi connectivity index (χ2v) is 5.96. The Morgan fingerprint density at radius 3 is 2.59 bits per heavy atom. The van der Waals surface area contributed by atoms with Crippen molar-refractivity contribution in [2.45, 2.75) is 6.92 Å². The van der Waals surface area contributed by atoms with Gasteiger partial charge in [-0.2, -0.15) is 0 Å². The van der Waals surface area contributed by atoms with Crippen molar-refractivity contribution in [1.82, 2.24) is 0 Å². The molecule has 9 heteroatoms. The van der Waals surface area contributed by atoms with Gasteiger partial charge in [-0.05, 0) is 36.4 Å². The van der Waals surface area contributed by atoms with E-state index in [0.717, 1.165) is 0 Å². The maximum atomic E-state index is 12.1. The van der Waals surface area contributed by atoms with Crippen LogP contribution in [0.5, 0.6) is 0 Å². The van der Waals surface area contributed by atoms with Gasteiger partial charge in [0.2, 0.25) is 11.8 Å². The number of esters is 1. The number of hydrogen-bond donors (Lipinski definition) is 1. The van der Waals surface area contributed by atoms with Crippen molar-refractivity contribution in [2.75, 3.05) is 5.32 Å². The number of anilines is 1. The van der Waals surface area contributed by atoms with Gasteiger partial charge >= 0.3 is 5.97 Å². The highest BCUT2D eigenvalue weighted by molar-refractivity contribution is 6.32. The first kappa shape index (κ1) is 18.3. The average molecular weight is 386 g/mol. The standard InChI is InChI=1S/C18H12ClN3O5/c1-10(23)20-13-4-2-11(3-5-13)17-21-16(18(24)27-17)9-12-8-14(22(25)26)6-7-15(12)19/h2-9H,1H3,(H,20,23)/b16-9+. The number of amides is 1. The molecule has 1 N–H and O–H groups in total. The number of aliphatic imine (C=N–C) groups is 1. The van der Waals surface area contributed by atoms with E-state index in [4.69, 9.17) is 16.3 Å². The number of benzene rings is 2. The summed E-state index contributed by atoms with van der Waals surface area (Å²) < 4.78 is 5.15. The first-order valence-corrected chi connectivity index (χ1v) is 8.06. The summed E-state index contributed by atoms with van der Waals surface area (Å²) in [5.74, 6) is -0.813. The fourth-order valence-electron chi connectivity index (χ4n) is 2.33. The van der Waals surface area contributed by atoms with E-state index >= 15 is 0 Å². The van der Waals surface area contributed by atoms with Gasteiger partial charge in [-0.1, -0.05) is 11.6 Å². The Morgan fingerprint density at radius 1 is 1.26 bits per heavy atom. The first-order valence-electron chi connectivity index (χ1n) is 7.68. The van der Waals surface area contributed by atoms with Crippen molar-refractivity contribution >= 4 is 46.8 Å². The fraction of sp³-hybridized carbons (Fsp3) is 0.0556. The molecule has 8 nitrogen and oxygen atoms in total. The lowest BCUT2D eigenvalue weighted by atomic mass is 10.1. The van der Waals surface area contributed by atoms with E-state index in [9.17, 15) is 19.7 Å². The van der Waals surface area contributed by atoms with E-state index in [-0.39, 0.29) is 33.8 Å². The van der Waals surface area contributed by atoms with E-state index in [1.54, 1.807) is 24.3 Å². The molecule has 0 saturated carbocycles. The van der Waals surface area contributed by atoms with E-state index < -0.39 is 10.9 Å². The molecule has 0 aromatic heterocycles. The predicted molar refractivity (Wildman–Crippen MR) is 99.5 cm³/mol. The maximum Gasteiger partial charge on any atom is 0.363 e. The van der Waals surface area contributed by atoms with Crippen molar-refractivity contribution in [1.29, 1.82) is 0 Å². The molecule has 0 unspecified atom stereocenters. The Balaban J connectivity index is 1.90. The Bertz CT molecular complexity index is 1010. The lowest BCUT2D eigenvalue weighted by molar-refractivity contribution is -0.384. The van der Waals surface area contributed by atoms with Crippen molar-refractivity contribution in [3.05, 3.63) is 74.4 Å². The Kier molecular flexibility index (Phi) is 5.00. The second-order valence-electron chi connectivity index (χ2n) is 5.56. The number of halogens is 1. The molecule has 1 amide bonds. The SMILES string of the molecule is CC(=O)Nc1ccc(C2=N/C(=C/c3cc([N+](=O)[O-])ccc3Cl)C(=O)O2)cc1. The van der Waals surface area contributed by atoms with E-state index in [0.29, 0.717) is 11.3 Å². The first-order chi connectivity index (χ1) is 12.8. The minimum Gasteiger partial charge on any atom is -0.402 e. The number of cyclic esters (lactones) is 1. The molecule has 0 radical (unpaired) electrons. The minimum atomic E-state index is -0.696. The molecule has 1 aliphatic rings. The molecule has 27 heavy (non-hydrogen) atoms. The zero-order chi connectivity index (χ0) is 19.6. The molecule has 0 atom stereocenters. The van der Waals surface area contributed by atoms with Crippen LogP contribution >= 0.6 is 11.6 Å². The highest BCUT2D eigenvalue weighted by atomic mass is 35.5. The zero-order valence-electron chi connectivity index (χ0n) is 13.9. The molecule has 1 heterocycles. The number of nitro groups is 1. The number of rotatable bonds is 4. The van der Waals surface area contributed by atoms with Gasteiger partial charge in [0.25, 0.3) is 5.69 Å². The average Bonchev–Trinajstić information content (AvgIpc) is 2.97.